The second-order valence-electron chi connectivity index (χ2n) is 5.31. The Kier molecular flexibility index (Phi) is 2.44. The van der Waals surface area contributed by atoms with E-state index >= 15 is 0 Å². The maximum atomic E-state index is 3.91. The summed E-state index contributed by atoms with van der Waals surface area (Å²) in [6.45, 7) is 14.5. The summed E-state index contributed by atoms with van der Waals surface area (Å²) in [7, 11) is 0. The number of fused-ring (bicyclic) bond motifs is 1. The first kappa shape index (κ1) is 10.2. The van der Waals surface area contributed by atoms with E-state index < -0.39 is 0 Å². The first-order valence-electron chi connectivity index (χ1n) is 5.67. The normalized spacial score (nSPS) is 38.2. The van der Waals surface area contributed by atoms with E-state index in [9.17, 15) is 0 Å². The highest BCUT2D eigenvalue weighted by Gasteiger charge is 2.50. The van der Waals surface area contributed by atoms with Crippen molar-refractivity contribution in [2.75, 3.05) is 19.6 Å². The second-order valence-corrected chi connectivity index (χ2v) is 5.31. The van der Waals surface area contributed by atoms with Gasteiger partial charge in [0.15, 0.2) is 0 Å². The average molecular weight is 194 g/mol. The molecule has 0 saturated carbocycles. The van der Waals surface area contributed by atoms with Crippen LogP contribution in [-0.2, 0) is 0 Å². The molecule has 0 aromatic rings. The molecule has 1 N–H and O–H groups in total. The quantitative estimate of drug-likeness (QED) is 0.670. The lowest BCUT2D eigenvalue weighted by Gasteiger charge is -2.38. The van der Waals surface area contributed by atoms with Gasteiger partial charge in [-0.25, -0.2) is 0 Å². The Hall–Kier alpha value is -0.340. The Labute approximate surface area is 87.4 Å². The maximum Gasteiger partial charge on any atom is 0.0252 e. The molecule has 0 bridgehead atoms. The summed E-state index contributed by atoms with van der Waals surface area (Å²) < 4.78 is 0. The summed E-state index contributed by atoms with van der Waals surface area (Å²) in [6.07, 6.45) is 2.07. The fourth-order valence-corrected chi connectivity index (χ4v) is 3.27. The molecule has 14 heavy (non-hydrogen) atoms. The van der Waals surface area contributed by atoms with E-state index in [0.717, 1.165) is 11.8 Å². The lowest BCUT2D eigenvalue weighted by atomic mass is 9.84. The summed E-state index contributed by atoms with van der Waals surface area (Å²) in [5.41, 5.74) is 0.335. The van der Waals surface area contributed by atoms with Crippen LogP contribution in [0, 0.1) is 11.8 Å². The number of hydrogen-bond acceptors (Lipinski definition) is 2. The number of hydrogen-bond donors (Lipinski definition) is 1. The molecule has 80 valence electrons. The highest BCUT2D eigenvalue weighted by atomic mass is 15.3. The summed E-state index contributed by atoms with van der Waals surface area (Å²) in [6, 6.07) is 0.510. The molecule has 2 heterocycles. The largest absolute Gasteiger partial charge is 0.316 e. The van der Waals surface area contributed by atoms with E-state index in [1.165, 1.54) is 19.6 Å². The second kappa shape index (κ2) is 3.35. The Balaban J connectivity index is 2.18. The van der Waals surface area contributed by atoms with E-state index in [1.807, 2.05) is 0 Å². The molecular formula is C12H22N2. The van der Waals surface area contributed by atoms with Crippen LogP contribution < -0.4 is 5.32 Å². The van der Waals surface area contributed by atoms with Crippen LogP contribution in [0.4, 0.5) is 0 Å². The van der Waals surface area contributed by atoms with Crippen molar-refractivity contribution in [1.29, 1.82) is 0 Å². The molecule has 2 aliphatic rings. The molecule has 0 aromatic carbocycles. The van der Waals surface area contributed by atoms with Gasteiger partial charge >= 0.3 is 0 Å². The minimum absolute atomic E-state index is 0.335. The maximum absolute atomic E-state index is 3.91. The Bertz CT molecular complexity index is 234. The first-order valence-corrected chi connectivity index (χ1v) is 5.67. The number of likely N-dealkylation sites (tertiary alicyclic amines) is 1. The van der Waals surface area contributed by atoms with Crippen LogP contribution in [0.2, 0.25) is 0 Å². The van der Waals surface area contributed by atoms with Crippen LogP contribution in [0.5, 0.6) is 0 Å². The van der Waals surface area contributed by atoms with Gasteiger partial charge in [0, 0.05) is 24.7 Å². The molecule has 0 aliphatic carbocycles. The zero-order valence-electron chi connectivity index (χ0n) is 9.59. The molecule has 2 aliphatic heterocycles. The SMILES string of the molecule is C=CC(C)N1CC2CNCC2C1(C)C. The number of nitrogens with one attached hydrogen (secondary N) is 1. The molecule has 0 aromatic heterocycles. The van der Waals surface area contributed by atoms with Gasteiger partial charge in [-0.1, -0.05) is 6.08 Å². The number of nitrogens with zero attached hydrogens (tertiary/aromatic N) is 1. The summed E-state index contributed by atoms with van der Waals surface area (Å²) in [5, 5.41) is 3.50. The van der Waals surface area contributed by atoms with E-state index in [4.69, 9.17) is 0 Å². The molecular weight excluding hydrogens is 172 g/mol. The zero-order chi connectivity index (χ0) is 10.3. The topological polar surface area (TPSA) is 15.3 Å². The van der Waals surface area contributed by atoms with E-state index in [0.29, 0.717) is 11.6 Å². The molecule has 3 unspecified atom stereocenters. The lowest BCUT2D eigenvalue weighted by Crippen LogP contribution is -2.48. The molecule has 2 heteroatoms. The fourth-order valence-electron chi connectivity index (χ4n) is 3.27. The summed E-state index contributed by atoms with van der Waals surface area (Å²) >= 11 is 0. The van der Waals surface area contributed by atoms with Gasteiger partial charge in [-0.3, -0.25) is 4.90 Å². The number of rotatable bonds is 2. The van der Waals surface area contributed by atoms with Crippen LogP contribution in [0.3, 0.4) is 0 Å². The predicted molar refractivity (Wildman–Crippen MR) is 60.3 cm³/mol. The first-order chi connectivity index (χ1) is 6.57. The Morgan fingerprint density at radius 3 is 2.79 bits per heavy atom. The third-order valence-corrected chi connectivity index (χ3v) is 4.25. The van der Waals surface area contributed by atoms with Crippen molar-refractivity contribution < 1.29 is 0 Å². The molecule has 0 spiro atoms. The van der Waals surface area contributed by atoms with Gasteiger partial charge in [0.25, 0.3) is 0 Å². The zero-order valence-corrected chi connectivity index (χ0v) is 9.59. The van der Waals surface area contributed by atoms with Crippen molar-refractivity contribution in [3.63, 3.8) is 0 Å². The van der Waals surface area contributed by atoms with Gasteiger partial charge in [0.05, 0.1) is 0 Å². The summed E-state index contributed by atoms with van der Waals surface area (Å²) in [4.78, 5) is 2.61. The fraction of sp³-hybridized carbons (Fsp3) is 0.833. The molecule has 0 amide bonds. The minimum Gasteiger partial charge on any atom is -0.316 e. The highest BCUT2D eigenvalue weighted by Crippen LogP contribution is 2.41. The van der Waals surface area contributed by atoms with E-state index in [2.05, 4.69) is 43.6 Å². The molecule has 2 rings (SSSR count). The van der Waals surface area contributed by atoms with E-state index in [-0.39, 0.29) is 0 Å². The van der Waals surface area contributed by atoms with Crippen LogP contribution in [0.15, 0.2) is 12.7 Å². The van der Waals surface area contributed by atoms with Crippen molar-refractivity contribution >= 4 is 0 Å². The van der Waals surface area contributed by atoms with Gasteiger partial charge in [0.1, 0.15) is 0 Å². The molecule has 2 saturated heterocycles. The van der Waals surface area contributed by atoms with Crippen molar-refractivity contribution in [2.24, 2.45) is 11.8 Å². The monoisotopic (exact) mass is 194 g/mol. The third kappa shape index (κ3) is 1.32. The third-order valence-electron chi connectivity index (χ3n) is 4.25. The van der Waals surface area contributed by atoms with Crippen LogP contribution in [0.25, 0.3) is 0 Å². The Morgan fingerprint density at radius 2 is 2.21 bits per heavy atom. The minimum atomic E-state index is 0.335. The Morgan fingerprint density at radius 1 is 1.50 bits per heavy atom. The highest BCUT2D eigenvalue weighted by molar-refractivity contribution is 5.07. The van der Waals surface area contributed by atoms with Crippen molar-refractivity contribution in [3.05, 3.63) is 12.7 Å². The van der Waals surface area contributed by atoms with Crippen molar-refractivity contribution in [3.8, 4) is 0 Å². The summed E-state index contributed by atoms with van der Waals surface area (Å²) in [5.74, 6) is 1.68. The molecule has 3 atom stereocenters. The standard InChI is InChI=1S/C12H22N2/c1-5-9(2)14-8-10-6-13-7-11(10)12(14,3)4/h5,9-11,13H,1,6-8H2,2-4H3. The molecule has 0 radical (unpaired) electrons. The van der Waals surface area contributed by atoms with Crippen LogP contribution in [-0.4, -0.2) is 36.1 Å². The lowest BCUT2D eigenvalue weighted by molar-refractivity contribution is 0.118. The van der Waals surface area contributed by atoms with Crippen molar-refractivity contribution in [1.82, 2.24) is 10.2 Å². The predicted octanol–water partition coefficient (Wildman–Crippen LogP) is 1.49. The van der Waals surface area contributed by atoms with Crippen LogP contribution >= 0.6 is 0 Å². The van der Waals surface area contributed by atoms with Gasteiger partial charge in [-0.2, -0.15) is 0 Å². The van der Waals surface area contributed by atoms with Crippen molar-refractivity contribution in [2.45, 2.75) is 32.4 Å². The van der Waals surface area contributed by atoms with Gasteiger partial charge in [0.2, 0.25) is 0 Å². The van der Waals surface area contributed by atoms with Gasteiger partial charge in [-0.05, 0) is 39.2 Å². The van der Waals surface area contributed by atoms with Crippen LogP contribution in [0.1, 0.15) is 20.8 Å². The average Bonchev–Trinajstić information content (AvgIpc) is 2.68. The smallest absolute Gasteiger partial charge is 0.0252 e. The van der Waals surface area contributed by atoms with Gasteiger partial charge < -0.3 is 5.32 Å². The molecule has 2 fully saturated rings. The van der Waals surface area contributed by atoms with Gasteiger partial charge in [-0.15, -0.1) is 6.58 Å². The molecule has 2 nitrogen and oxygen atoms in total. The van der Waals surface area contributed by atoms with E-state index in [1.54, 1.807) is 0 Å².